The molecule has 1 N–H and O–H groups in total. The molecule has 0 saturated carbocycles. The first-order valence-corrected chi connectivity index (χ1v) is 9.48. The molecule has 0 spiro atoms. The van der Waals surface area contributed by atoms with Crippen molar-refractivity contribution in [1.29, 1.82) is 0 Å². The van der Waals surface area contributed by atoms with E-state index in [4.69, 9.17) is 0 Å². The number of H-pyrrole nitrogens is 1. The molecule has 3 aromatic rings. The van der Waals surface area contributed by atoms with Gasteiger partial charge in [0, 0.05) is 18.3 Å². The number of aryl methyl sites for hydroxylation is 1. The van der Waals surface area contributed by atoms with Crippen molar-refractivity contribution >= 4 is 44.9 Å². The maximum Gasteiger partial charge on any atom is 0.262 e. The van der Waals surface area contributed by atoms with Gasteiger partial charge >= 0.3 is 0 Å². The van der Waals surface area contributed by atoms with Gasteiger partial charge in [-0.25, -0.2) is 4.98 Å². The maximum absolute atomic E-state index is 12.6. The molecule has 0 aliphatic rings. The van der Waals surface area contributed by atoms with Gasteiger partial charge in [0.05, 0.1) is 16.8 Å². The molecule has 8 heteroatoms. The number of Topliss-reactive ketones (excluding diaryl/α,β-unsaturated/α-hetero) is 2. The van der Waals surface area contributed by atoms with E-state index in [1.54, 1.807) is 27.0 Å². The number of carbonyl (C=O) groups excluding carboxylic acids is 2. The first-order valence-electron chi connectivity index (χ1n) is 7.61. The minimum absolute atomic E-state index is 0.0647. The number of fused-ring (bicyclic) bond motifs is 1. The predicted octanol–water partition coefficient (Wildman–Crippen LogP) is 3.12. The predicted molar refractivity (Wildman–Crippen MR) is 100 cm³/mol. The van der Waals surface area contributed by atoms with Gasteiger partial charge in [0.15, 0.2) is 16.7 Å². The molecule has 130 valence electrons. The quantitative estimate of drug-likeness (QED) is 0.421. The van der Waals surface area contributed by atoms with Crippen molar-refractivity contribution in [2.24, 2.45) is 7.05 Å². The van der Waals surface area contributed by atoms with Crippen molar-refractivity contribution < 1.29 is 9.59 Å². The second-order valence-electron chi connectivity index (χ2n) is 5.79. The number of hydrogen-bond donors (Lipinski definition) is 1. The molecule has 0 amide bonds. The molecule has 0 aliphatic heterocycles. The zero-order chi connectivity index (χ0) is 18.3. The van der Waals surface area contributed by atoms with Crippen LogP contribution in [0.25, 0.3) is 10.2 Å². The Bertz CT molecular complexity index is 1060. The molecule has 6 nitrogen and oxygen atoms in total. The SMILES string of the molecule is CC(=O)c1c(C)[nH]c(C(=O)CSc2nc3sccc3c(=O)n2C)c1C. The Labute approximate surface area is 152 Å². The largest absolute Gasteiger partial charge is 0.355 e. The smallest absolute Gasteiger partial charge is 0.262 e. The molecular weight excluding hydrogens is 358 g/mol. The average Bonchev–Trinajstić information content (AvgIpc) is 3.13. The highest BCUT2D eigenvalue weighted by atomic mass is 32.2. The number of aromatic amines is 1. The number of ketones is 2. The molecule has 0 bridgehead atoms. The number of thiophene rings is 1. The molecule has 0 unspecified atom stereocenters. The summed E-state index contributed by atoms with van der Waals surface area (Å²) in [6.45, 7) is 5.04. The van der Waals surface area contributed by atoms with Crippen molar-refractivity contribution in [3.8, 4) is 0 Å². The second-order valence-corrected chi connectivity index (χ2v) is 7.63. The fourth-order valence-electron chi connectivity index (χ4n) is 2.87. The summed E-state index contributed by atoms with van der Waals surface area (Å²) in [5, 5.41) is 2.92. The summed E-state index contributed by atoms with van der Waals surface area (Å²) in [7, 11) is 1.65. The van der Waals surface area contributed by atoms with Crippen molar-refractivity contribution in [2.75, 3.05) is 5.75 Å². The molecular formula is C17H17N3O3S2. The van der Waals surface area contributed by atoms with Crippen LogP contribution in [0, 0.1) is 13.8 Å². The van der Waals surface area contributed by atoms with Crippen LogP contribution >= 0.6 is 23.1 Å². The summed E-state index contributed by atoms with van der Waals surface area (Å²) in [5.41, 5.74) is 2.26. The zero-order valence-corrected chi connectivity index (χ0v) is 15.9. The monoisotopic (exact) mass is 375 g/mol. The number of nitrogens with one attached hydrogen (secondary N) is 1. The molecule has 0 radical (unpaired) electrons. The molecule has 0 aliphatic carbocycles. The summed E-state index contributed by atoms with van der Waals surface area (Å²) in [5.74, 6) is -0.0567. The van der Waals surface area contributed by atoms with E-state index in [2.05, 4.69) is 9.97 Å². The van der Waals surface area contributed by atoms with Crippen molar-refractivity contribution in [2.45, 2.75) is 25.9 Å². The highest BCUT2D eigenvalue weighted by molar-refractivity contribution is 7.99. The molecule has 25 heavy (non-hydrogen) atoms. The van der Waals surface area contributed by atoms with Crippen LogP contribution < -0.4 is 5.56 Å². The lowest BCUT2D eigenvalue weighted by atomic mass is 10.1. The Kier molecular flexibility index (Phi) is 4.66. The molecule has 0 aromatic carbocycles. The van der Waals surface area contributed by atoms with Crippen molar-refractivity contribution in [3.05, 3.63) is 44.3 Å². The normalized spacial score (nSPS) is 11.2. The minimum Gasteiger partial charge on any atom is -0.355 e. The van der Waals surface area contributed by atoms with Gasteiger partial charge in [-0.15, -0.1) is 11.3 Å². The van der Waals surface area contributed by atoms with E-state index >= 15 is 0 Å². The van der Waals surface area contributed by atoms with Crippen LogP contribution in [0.1, 0.15) is 39.0 Å². The van der Waals surface area contributed by atoms with Crippen molar-refractivity contribution in [1.82, 2.24) is 14.5 Å². The van der Waals surface area contributed by atoms with Gasteiger partial charge in [-0.2, -0.15) is 0 Å². The van der Waals surface area contributed by atoms with Crippen molar-refractivity contribution in [3.63, 3.8) is 0 Å². The topological polar surface area (TPSA) is 84.8 Å². The molecule has 3 aromatic heterocycles. The van der Waals surface area contributed by atoms with Crippen LogP contribution in [0.15, 0.2) is 21.4 Å². The highest BCUT2D eigenvalue weighted by Gasteiger charge is 2.20. The number of rotatable bonds is 5. The van der Waals surface area contributed by atoms with E-state index in [0.717, 1.165) is 0 Å². The fraction of sp³-hybridized carbons (Fsp3) is 0.294. The first-order chi connectivity index (χ1) is 11.8. The fourth-order valence-corrected chi connectivity index (χ4v) is 4.52. The van der Waals surface area contributed by atoms with E-state index in [1.807, 2.05) is 5.38 Å². The van der Waals surface area contributed by atoms with Crippen LogP contribution in [0.4, 0.5) is 0 Å². The van der Waals surface area contributed by atoms with Crippen LogP contribution in [0.2, 0.25) is 0 Å². The van der Waals surface area contributed by atoms with Crippen LogP contribution in [0.3, 0.4) is 0 Å². The number of thioether (sulfide) groups is 1. The lowest BCUT2D eigenvalue weighted by Gasteiger charge is -2.06. The van der Waals surface area contributed by atoms with Gasteiger partial charge in [0.25, 0.3) is 5.56 Å². The molecule has 3 rings (SSSR count). The van der Waals surface area contributed by atoms with Gasteiger partial charge in [0.2, 0.25) is 0 Å². The Morgan fingerprint density at radius 3 is 2.72 bits per heavy atom. The van der Waals surface area contributed by atoms with E-state index in [1.165, 1.54) is 34.6 Å². The third-order valence-electron chi connectivity index (χ3n) is 4.06. The lowest BCUT2D eigenvalue weighted by Crippen LogP contribution is -2.19. The zero-order valence-electron chi connectivity index (χ0n) is 14.3. The average molecular weight is 375 g/mol. The standard InChI is InChI=1S/C17H17N3O3S2/c1-8-13(10(3)21)9(2)18-14(8)12(22)7-25-17-19-15-11(5-6-24-15)16(23)20(17)4/h5-6,18H,7H2,1-4H3. The number of nitrogens with zero attached hydrogens (tertiary/aromatic N) is 2. The summed E-state index contributed by atoms with van der Waals surface area (Å²) >= 11 is 2.62. The number of carbonyl (C=O) groups is 2. The summed E-state index contributed by atoms with van der Waals surface area (Å²) in [6, 6.07) is 1.75. The first kappa shape index (κ1) is 17.6. The maximum atomic E-state index is 12.6. The summed E-state index contributed by atoms with van der Waals surface area (Å²) < 4.78 is 1.46. The summed E-state index contributed by atoms with van der Waals surface area (Å²) in [6.07, 6.45) is 0. The Morgan fingerprint density at radius 2 is 2.08 bits per heavy atom. The van der Waals surface area contributed by atoms with Crippen LogP contribution in [-0.4, -0.2) is 31.9 Å². The van der Waals surface area contributed by atoms with E-state index in [9.17, 15) is 14.4 Å². The third kappa shape index (κ3) is 3.07. The lowest BCUT2D eigenvalue weighted by molar-refractivity contribution is 0.101. The number of hydrogen-bond acceptors (Lipinski definition) is 6. The van der Waals surface area contributed by atoms with Gasteiger partial charge in [-0.05, 0) is 37.8 Å². The van der Waals surface area contributed by atoms with Crippen LogP contribution in [0.5, 0.6) is 0 Å². The third-order valence-corrected chi connectivity index (χ3v) is 5.90. The number of aromatic nitrogens is 3. The second kappa shape index (κ2) is 6.61. The molecule has 0 saturated heterocycles. The molecule has 0 fully saturated rings. The Morgan fingerprint density at radius 1 is 1.36 bits per heavy atom. The van der Waals surface area contributed by atoms with E-state index in [-0.39, 0.29) is 22.9 Å². The molecule has 0 atom stereocenters. The van der Waals surface area contributed by atoms with Gasteiger partial charge in [-0.3, -0.25) is 19.0 Å². The Balaban J connectivity index is 1.86. The summed E-state index contributed by atoms with van der Waals surface area (Å²) in [4.78, 5) is 44.7. The van der Waals surface area contributed by atoms with Gasteiger partial charge in [0.1, 0.15) is 4.83 Å². The molecule has 3 heterocycles. The van der Waals surface area contributed by atoms with E-state index < -0.39 is 0 Å². The van der Waals surface area contributed by atoms with E-state index in [0.29, 0.717) is 37.9 Å². The Hall–Kier alpha value is -2.19. The minimum atomic E-state index is -0.126. The van der Waals surface area contributed by atoms with Gasteiger partial charge < -0.3 is 4.98 Å². The highest BCUT2D eigenvalue weighted by Crippen LogP contribution is 2.23. The van der Waals surface area contributed by atoms with Crippen LogP contribution in [-0.2, 0) is 7.05 Å². The van der Waals surface area contributed by atoms with Gasteiger partial charge in [-0.1, -0.05) is 11.8 Å².